The second-order valence-electron chi connectivity index (χ2n) is 4.67. The topological polar surface area (TPSA) is 37.4 Å². The molecule has 0 saturated carbocycles. The van der Waals surface area contributed by atoms with Gasteiger partial charge in [0.15, 0.2) is 0 Å². The van der Waals surface area contributed by atoms with Gasteiger partial charge in [-0.1, -0.05) is 25.1 Å². The monoisotopic (exact) mass is 319 g/mol. The number of rotatable bonds is 3. The number of sulfonamides is 1. The number of hydrogen-bond acceptors (Lipinski definition) is 3. The van der Waals surface area contributed by atoms with Crippen LogP contribution in [-0.2, 0) is 15.9 Å². The van der Waals surface area contributed by atoms with E-state index in [-0.39, 0.29) is 11.9 Å². The highest BCUT2D eigenvalue weighted by Crippen LogP contribution is 2.30. The molecule has 0 radical (unpaired) electrons. The van der Waals surface area contributed by atoms with E-state index in [1.807, 2.05) is 24.8 Å². The van der Waals surface area contributed by atoms with E-state index >= 15 is 0 Å². The summed E-state index contributed by atoms with van der Waals surface area (Å²) in [5.41, 5.74) is 0.669. The Morgan fingerprint density at radius 1 is 1.37 bits per heavy atom. The summed E-state index contributed by atoms with van der Waals surface area (Å²) in [6, 6.07) is 6.98. The van der Waals surface area contributed by atoms with Gasteiger partial charge in [-0.05, 0) is 18.6 Å². The molecule has 3 nitrogen and oxygen atoms in total. The standard InChI is InChI=1S/C13H18ClNO2S2/c1-10-11(2)18-8-7-15(10)19(16,17)13-6-4-3-5-12(13)9-14/h3-6,10-11H,7-9H2,1-2H3. The second kappa shape index (κ2) is 6.04. The van der Waals surface area contributed by atoms with Crippen LogP contribution in [0.3, 0.4) is 0 Å². The minimum absolute atomic E-state index is 0.00660. The van der Waals surface area contributed by atoms with Crippen molar-refractivity contribution in [2.45, 2.75) is 35.9 Å². The van der Waals surface area contributed by atoms with Crippen LogP contribution in [0.25, 0.3) is 0 Å². The fraction of sp³-hybridized carbons (Fsp3) is 0.538. The Morgan fingerprint density at radius 3 is 2.74 bits per heavy atom. The van der Waals surface area contributed by atoms with E-state index in [4.69, 9.17) is 11.6 Å². The molecule has 106 valence electrons. The van der Waals surface area contributed by atoms with Gasteiger partial charge < -0.3 is 0 Å². The van der Waals surface area contributed by atoms with Gasteiger partial charge >= 0.3 is 0 Å². The summed E-state index contributed by atoms with van der Waals surface area (Å²) < 4.78 is 27.2. The van der Waals surface area contributed by atoms with E-state index in [0.717, 1.165) is 5.75 Å². The molecular formula is C13H18ClNO2S2. The SMILES string of the molecule is CC1SCCN(S(=O)(=O)c2ccccc2CCl)C1C. The zero-order valence-electron chi connectivity index (χ0n) is 11.0. The number of nitrogens with zero attached hydrogens (tertiary/aromatic N) is 1. The fourth-order valence-corrected chi connectivity index (χ4v) is 5.77. The van der Waals surface area contributed by atoms with E-state index in [9.17, 15) is 8.42 Å². The molecule has 0 amide bonds. The quantitative estimate of drug-likeness (QED) is 0.804. The third kappa shape index (κ3) is 2.94. The first kappa shape index (κ1) is 15.2. The van der Waals surface area contributed by atoms with Crippen LogP contribution in [-0.4, -0.2) is 36.3 Å². The van der Waals surface area contributed by atoms with E-state index < -0.39 is 10.0 Å². The predicted octanol–water partition coefficient (Wildman–Crippen LogP) is 2.94. The summed E-state index contributed by atoms with van der Waals surface area (Å²) in [5.74, 6) is 1.05. The van der Waals surface area contributed by atoms with E-state index in [2.05, 4.69) is 6.92 Å². The maximum atomic E-state index is 12.8. The summed E-state index contributed by atoms with van der Waals surface area (Å²) in [5, 5.41) is 0.312. The molecule has 19 heavy (non-hydrogen) atoms. The minimum atomic E-state index is -3.45. The molecule has 0 aromatic heterocycles. The van der Waals surface area contributed by atoms with Crippen LogP contribution in [0.5, 0.6) is 0 Å². The largest absolute Gasteiger partial charge is 0.243 e. The Labute approximate surface area is 124 Å². The Bertz CT molecular complexity index is 547. The van der Waals surface area contributed by atoms with Gasteiger partial charge in [0.25, 0.3) is 0 Å². The number of alkyl halides is 1. The van der Waals surface area contributed by atoms with Crippen LogP contribution < -0.4 is 0 Å². The summed E-state index contributed by atoms with van der Waals surface area (Å²) in [6.07, 6.45) is 0. The fourth-order valence-electron chi connectivity index (χ4n) is 2.24. The third-order valence-corrected chi connectivity index (χ3v) is 7.24. The first-order valence-corrected chi connectivity index (χ1v) is 9.28. The molecule has 1 heterocycles. The molecule has 0 bridgehead atoms. The maximum absolute atomic E-state index is 12.8. The highest BCUT2D eigenvalue weighted by Gasteiger charge is 2.35. The van der Waals surface area contributed by atoms with Crippen LogP contribution >= 0.6 is 23.4 Å². The summed E-state index contributed by atoms with van der Waals surface area (Å²) in [4.78, 5) is 0.343. The average molecular weight is 320 g/mol. The molecule has 6 heteroatoms. The lowest BCUT2D eigenvalue weighted by Gasteiger charge is -2.36. The first-order chi connectivity index (χ1) is 8.98. The van der Waals surface area contributed by atoms with E-state index in [1.165, 1.54) is 0 Å². The van der Waals surface area contributed by atoms with Gasteiger partial charge in [-0.3, -0.25) is 0 Å². The smallest absolute Gasteiger partial charge is 0.207 e. The van der Waals surface area contributed by atoms with Crippen molar-refractivity contribution in [2.24, 2.45) is 0 Å². The minimum Gasteiger partial charge on any atom is -0.207 e. The summed E-state index contributed by atoms with van der Waals surface area (Å²) in [6.45, 7) is 4.61. The molecule has 0 N–H and O–H groups in total. The van der Waals surface area contributed by atoms with Crippen LogP contribution in [0, 0.1) is 0 Å². The number of hydrogen-bond donors (Lipinski definition) is 0. The molecule has 1 fully saturated rings. The number of thioether (sulfide) groups is 1. The van der Waals surface area contributed by atoms with Gasteiger partial charge in [-0.2, -0.15) is 16.1 Å². The molecule has 1 aromatic carbocycles. The Morgan fingerprint density at radius 2 is 2.05 bits per heavy atom. The highest BCUT2D eigenvalue weighted by molar-refractivity contribution is 8.00. The molecule has 2 rings (SSSR count). The van der Waals surface area contributed by atoms with Crippen molar-refractivity contribution in [1.29, 1.82) is 0 Å². The molecule has 1 aliphatic heterocycles. The van der Waals surface area contributed by atoms with Crippen molar-refractivity contribution in [2.75, 3.05) is 12.3 Å². The van der Waals surface area contributed by atoms with Crippen LogP contribution in [0.1, 0.15) is 19.4 Å². The molecule has 1 saturated heterocycles. The summed E-state index contributed by atoms with van der Waals surface area (Å²) >= 11 is 7.67. The average Bonchev–Trinajstić information content (AvgIpc) is 2.41. The normalized spacial score (nSPS) is 25.4. The Kier molecular flexibility index (Phi) is 4.82. The van der Waals surface area contributed by atoms with Crippen molar-refractivity contribution >= 4 is 33.4 Å². The van der Waals surface area contributed by atoms with Gasteiger partial charge in [0.1, 0.15) is 0 Å². The zero-order valence-corrected chi connectivity index (χ0v) is 13.4. The van der Waals surface area contributed by atoms with Gasteiger partial charge in [0, 0.05) is 29.5 Å². The van der Waals surface area contributed by atoms with Crippen molar-refractivity contribution in [3.8, 4) is 0 Å². The summed E-state index contributed by atoms with van der Waals surface area (Å²) in [7, 11) is -3.45. The lowest BCUT2D eigenvalue weighted by atomic mass is 10.2. The lowest BCUT2D eigenvalue weighted by Crippen LogP contribution is -2.47. The molecule has 1 aliphatic rings. The van der Waals surface area contributed by atoms with Crippen LogP contribution in [0.15, 0.2) is 29.2 Å². The maximum Gasteiger partial charge on any atom is 0.243 e. The number of halogens is 1. The van der Waals surface area contributed by atoms with Crippen LogP contribution in [0.2, 0.25) is 0 Å². The third-order valence-electron chi connectivity index (χ3n) is 3.53. The zero-order chi connectivity index (χ0) is 14.0. The van der Waals surface area contributed by atoms with E-state index in [0.29, 0.717) is 22.3 Å². The molecule has 2 atom stereocenters. The highest BCUT2D eigenvalue weighted by atomic mass is 35.5. The van der Waals surface area contributed by atoms with Gasteiger partial charge in [0.2, 0.25) is 10.0 Å². The molecular weight excluding hydrogens is 302 g/mol. The predicted molar refractivity (Wildman–Crippen MR) is 81.3 cm³/mol. The molecule has 2 unspecified atom stereocenters. The van der Waals surface area contributed by atoms with Gasteiger partial charge in [-0.25, -0.2) is 8.42 Å². The van der Waals surface area contributed by atoms with Gasteiger partial charge in [0.05, 0.1) is 4.90 Å². The molecule has 0 aliphatic carbocycles. The lowest BCUT2D eigenvalue weighted by molar-refractivity contribution is 0.340. The van der Waals surface area contributed by atoms with E-state index in [1.54, 1.807) is 22.5 Å². The Hall–Kier alpha value is -0.230. The van der Waals surface area contributed by atoms with Gasteiger partial charge in [-0.15, -0.1) is 11.6 Å². The Balaban J connectivity index is 2.42. The first-order valence-electron chi connectivity index (χ1n) is 6.26. The van der Waals surface area contributed by atoms with Crippen molar-refractivity contribution in [3.05, 3.63) is 29.8 Å². The molecule has 0 spiro atoms. The molecule has 1 aromatic rings. The second-order valence-corrected chi connectivity index (χ2v) is 8.29. The van der Waals surface area contributed by atoms with Crippen molar-refractivity contribution in [1.82, 2.24) is 4.31 Å². The van der Waals surface area contributed by atoms with Crippen LogP contribution in [0.4, 0.5) is 0 Å². The van der Waals surface area contributed by atoms with Crippen molar-refractivity contribution < 1.29 is 8.42 Å². The van der Waals surface area contributed by atoms with Crippen molar-refractivity contribution in [3.63, 3.8) is 0 Å². The number of benzene rings is 1.